The van der Waals surface area contributed by atoms with Gasteiger partial charge < -0.3 is 5.32 Å². The highest BCUT2D eigenvalue weighted by molar-refractivity contribution is 5.56. The number of hydrogen-bond acceptors (Lipinski definition) is 2. The van der Waals surface area contributed by atoms with Crippen molar-refractivity contribution in [2.75, 3.05) is 5.32 Å². The van der Waals surface area contributed by atoms with Crippen molar-refractivity contribution in [2.24, 2.45) is 0 Å². The van der Waals surface area contributed by atoms with E-state index in [-0.39, 0.29) is 17.3 Å². The minimum absolute atomic E-state index is 0.000893. The number of halogens is 3. The summed E-state index contributed by atoms with van der Waals surface area (Å²) < 4.78 is 38.6. The van der Waals surface area contributed by atoms with E-state index in [2.05, 4.69) is 5.32 Å². The number of nitrogens with one attached hydrogen (secondary N) is 1. The van der Waals surface area contributed by atoms with Crippen LogP contribution in [0.1, 0.15) is 24.0 Å². The molecule has 0 amide bonds. The molecule has 0 radical (unpaired) electrons. The lowest BCUT2D eigenvalue weighted by molar-refractivity contribution is -0.137. The molecule has 0 saturated heterocycles. The van der Waals surface area contributed by atoms with Crippen LogP contribution in [0, 0.1) is 11.3 Å². The van der Waals surface area contributed by atoms with E-state index in [0.717, 1.165) is 18.9 Å². The lowest BCUT2D eigenvalue weighted by Gasteiger charge is -2.18. The molecule has 1 aliphatic rings. The topological polar surface area (TPSA) is 35.8 Å². The van der Waals surface area contributed by atoms with Crippen molar-refractivity contribution in [3.05, 3.63) is 41.5 Å². The Hall–Kier alpha value is -1.96. The summed E-state index contributed by atoms with van der Waals surface area (Å²) in [6.07, 6.45) is 0.860. The van der Waals surface area contributed by atoms with Crippen LogP contribution in [0.25, 0.3) is 0 Å². The fourth-order valence-electron chi connectivity index (χ4n) is 1.93. The molecule has 1 aliphatic carbocycles. The maximum atomic E-state index is 12.9. The van der Waals surface area contributed by atoms with E-state index in [0.29, 0.717) is 0 Å². The van der Waals surface area contributed by atoms with E-state index in [1.165, 1.54) is 12.1 Å². The average Bonchev–Trinajstić information content (AvgIpc) is 2.81. The fourth-order valence-corrected chi connectivity index (χ4v) is 1.93. The minimum atomic E-state index is -4.46. The predicted molar refractivity (Wildman–Crippen MR) is 61.9 cm³/mol. The molecular formula is C13H11F3N2. The zero-order chi connectivity index (χ0) is 13.2. The van der Waals surface area contributed by atoms with Gasteiger partial charge in [-0.1, -0.05) is 12.2 Å². The van der Waals surface area contributed by atoms with Crippen molar-refractivity contribution in [3.8, 4) is 6.07 Å². The summed E-state index contributed by atoms with van der Waals surface area (Å²) in [6.45, 7) is 0. The highest BCUT2D eigenvalue weighted by Gasteiger charge is 2.34. The number of alkyl halides is 3. The number of hydrogen-bond donors (Lipinski definition) is 1. The molecule has 0 aromatic heterocycles. The molecule has 0 bridgehead atoms. The molecule has 1 aromatic rings. The Balaban J connectivity index is 2.31. The van der Waals surface area contributed by atoms with Gasteiger partial charge in [-0.15, -0.1) is 0 Å². The van der Waals surface area contributed by atoms with Crippen molar-refractivity contribution in [2.45, 2.75) is 25.1 Å². The monoisotopic (exact) mass is 252 g/mol. The summed E-state index contributed by atoms with van der Waals surface area (Å²) in [7, 11) is 0. The summed E-state index contributed by atoms with van der Waals surface area (Å²) in [6, 6.07) is 5.31. The van der Waals surface area contributed by atoms with Gasteiger partial charge in [0.15, 0.2) is 0 Å². The number of rotatable bonds is 2. The highest BCUT2D eigenvalue weighted by Crippen LogP contribution is 2.36. The number of benzene rings is 1. The van der Waals surface area contributed by atoms with Gasteiger partial charge in [-0.3, -0.25) is 0 Å². The number of nitrogens with zero attached hydrogens (tertiary/aromatic N) is 1. The summed E-state index contributed by atoms with van der Waals surface area (Å²) in [5.74, 6) is 0. The Morgan fingerprint density at radius 2 is 1.89 bits per heavy atom. The summed E-state index contributed by atoms with van der Waals surface area (Å²) >= 11 is 0. The van der Waals surface area contributed by atoms with Crippen molar-refractivity contribution in [1.82, 2.24) is 0 Å². The van der Waals surface area contributed by atoms with Crippen LogP contribution in [0.3, 0.4) is 0 Å². The zero-order valence-electron chi connectivity index (χ0n) is 9.46. The molecule has 2 rings (SSSR count). The Morgan fingerprint density at radius 1 is 1.22 bits per heavy atom. The third-order valence-corrected chi connectivity index (χ3v) is 2.82. The van der Waals surface area contributed by atoms with Crippen LogP contribution in [0.15, 0.2) is 30.4 Å². The van der Waals surface area contributed by atoms with Crippen LogP contribution < -0.4 is 5.32 Å². The molecule has 2 nitrogen and oxygen atoms in total. The van der Waals surface area contributed by atoms with E-state index in [9.17, 15) is 13.2 Å². The molecule has 18 heavy (non-hydrogen) atoms. The van der Waals surface area contributed by atoms with Crippen LogP contribution in [0.4, 0.5) is 18.9 Å². The molecule has 0 atom stereocenters. The molecule has 5 heteroatoms. The van der Waals surface area contributed by atoms with Gasteiger partial charge in [0.1, 0.15) is 0 Å². The van der Waals surface area contributed by atoms with Crippen molar-refractivity contribution < 1.29 is 13.2 Å². The van der Waals surface area contributed by atoms with Gasteiger partial charge in [0, 0.05) is 11.7 Å². The van der Waals surface area contributed by atoms with Gasteiger partial charge in [-0.05, 0) is 31.0 Å². The Labute approximate surface area is 103 Å². The molecule has 94 valence electrons. The van der Waals surface area contributed by atoms with Crippen molar-refractivity contribution in [1.29, 1.82) is 5.26 Å². The third kappa shape index (κ3) is 2.65. The van der Waals surface area contributed by atoms with Gasteiger partial charge in [0.2, 0.25) is 0 Å². The van der Waals surface area contributed by atoms with Gasteiger partial charge in [0.05, 0.1) is 17.2 Å². The van der Waals surface area contributed by atoms with E-state index >= 15 is 0 Å². The second kappa shape index (κ2) is 4.73. The van der Waals surface area contributed by atoms with E-state index in [4.69, 9.17) is 5.26 Å². The molecule has 0 unspecified atom stereocenters. The second-order valence-corrected chi connectivity index (χ2v) is 4.15. The van der Waals surface area contributed by atoms with Gasteiger partial charge >= 0.3 is 6.18 Å². The van der Waals surface area contributed by atoms with Crippen LogP contribution >= 0.6 is 0 Å². The second-order valence-electron chi connectivity index (χ2n) is 4.15. The van der Waals surface area contributed by atoms with Crippen LogP contribution in [0.2, 0.25) is 0 Å². The van der Waals surface area contributed by atoms with Crippen LogP contribution in [0.5, 0.6) is 0 Å². The number of anilines is 1. The zero-order valence-corrected chi connectivity index (χ0v) is 9.46. The lowest BCUT2D eigenvalue weighted by Crippen LogP contribution is -2.19. The Morgan fingerprint density at radius 3 is 2.44 bits per heavy atom. The maximum absolute atomic E-state index is 12.9. The summed E-state index contributed by atoms with van der Waals surface area (Å²) in [5, 5.41) is 11.5. The van der Waals surface area contributed by atoms with Gasteiger partial charge in [0.25, 0.3) is 0 Å². The van der Waals surface area contributed by atoms with E-state index in [1.807, 2.05) is 12.2 Å². The predicted octanol–water partition coefficient (Wildman–Crippen LogP) is 3.71. The first kappa shape index (κ1) is 12.5. The van der Waals surface area contributed by atoms with Crippen molar-refractivity contribution >= 4 is 5.69 Å². The normalized spacial score (nSPS) is 15.7. The first-order valence-corrected chi connectivity index (χ1v) is 5.53. The van der Waals surface area contributed by atoms with Crippen LogP contribution in [-0.2, 0) is 6.18 Å². The molecule has 1 N–H and O–H groups in total. The third-order valence-electron chi connectivity index (χ3n) is 2.82. The highest BCUT2D eigenvalue weighted by atomic mass is 19.4. The molecular weight excluding hydrogens is 241 g/mol. The first-order chi connectivity index (χ1) is 8.50. The average molecular weight is 252 g/mol. The van der Waals surface area contributed by atoms with Gasteiger partial charge in [-0.25, -0.2) is 0 Å². The smallest absolute Gasteiger partial charge is 0.381 e. The fraction of sp³-hybridized carbons (Fsp3) is 0.308. The summed E-state index contributed by atoms with van der Waals surface area (Å²) in [5.41, 5.74) is -0.735. The first-order valence-electron chi connectivity index (χ1n) is 5.53. The molecule has 0 spiro atoms. The molecule has 0 heterocycles. The summed E-state index contributed by atoms with van der Waals surface area (Å²) in [4.78, 5) is 0. The minimum Gasteiger partial charge on any atom is -0.381 e. The van der Waals surface area contributed by atoms with E-state index < -0.39 is 11.7 Å². The van der Waals surface area contributed by atoms with Crippen LogP contribution in [-0.4, -0.2) is 6.04 Å². The molecule has 0 fully saturated rings. The molecule has 0 aliphatic heterocycles. The quantitative estimate of drug-likeness (QED) is 0.814. The SMILES string of the molecule is N#Cc1ccc(NC2CC=CC2)c(C(F)(F)F)c1. The standard InChI is InChI=1S/C13H11F3N2/c14-13(15,16)11-7-9(8-17)5-6-12(11)18-10-3-1-2-4-10/h1-2,5-7,10,18H,3-4H2. The Kier molecular flexibility index (Phi) is 3.28. The van der Waals surface area contributed by atoms with Crippen molar-refractivity contribution in [3.63, 3.8) is 0 Å². The van der Waals surface area contributed by atoms with E-state index in [1.54, 1.807) is 6.07 Å². The maximum Gasteiger partial charge on any atom is 0.418 e. The largest absolute Gasteiger partial charge is 0.418 e. The molecule has 0 saturated carbocycles. The number of nitriles is 1. The molecule has 1 aromatic carbocycles. The Bertz CT molecular complexity index is 504. The van der Waals surface area contributed by atoms with Gasteiger partial charge in [-0.2, -0.15) is 18.4 Å². The lowest BCUT2D eigenvalue weighted by atomic mass is 10.1.